The van der Waals surface area contributed by atoms with Crippen molar-refractivity contribution < 1.29 is 0 Å². The van der Waals surface area contributed by atoms with E-state index >= 15 is 0 Å². The minimum atomic E-state index is 0.250. The Hall–Kier alpha value is -1.46. The first-order chi connectivity index (χ1) is 9.56. The number of thiophene rings is 2. The molecule has 3 heterocycles. The average Bonchev–Trinajstić information content (AvgIpc) is 2.94. The van der Waals surface area contributed by atoms with E-state index in [0.29, 0.717) is 0 Å². The van der Waals surface area contributed by atoms with Gasteiger partial charge in [0.15, 0.2) is 0 Å². The van der Waals surface area contributed by atoms with Crippen LogP contribution in [0.1, 0.15) is 33.8 Å². The van der Waals surface area contributed by atoms with E-state index in [1.807, 2.05) is 11.3 Å². The first kappa shape index (κ1) is 13.5. The van der Waals surface area contributed by atoms with Crippen molar-refractivity contribution in [3.8, 4) is 0 Å². The Morgan fingerprint density at radius 3 is 2.70 bits per heavy atom. The molecule has 0 amide bonds. The summed E-state index contributed by atoms with van der Waals surface area (Å²) in [7, 11) is 0. The summed E-state index contributed by atoms with van der Waals surface area (Å²) in [5, 5.41) is 5.67. The second-order valence-electron chi connectivity index (χ2n) is 5.05. The summed E-state index contributed by atoms with van der Waals surface area (Å²) in [4.78, 5) is 11.5. The van der Waals surface area contributed by atoms with Gasteiger partial charge in [-0.2, -0.15) is 0 Å². The zero-order valence-corrected chi connectivity index (χ0v) is 13.7. The van der Waals surface area contributed by atoms with Crippen LogP contribution in [-0.2, 0) is 0 Å². The van der Waals surface area contributed by atoms with Gasteiger partial charge in [0.05, 0.1) is 16.3 Å². The molecule has 0 aromatic carbocycles. The second kappa shape index (κ2) is 5.14. The molecular formula is C15H17N3S2. The van der Waals surface area contributed by atoms with Crippen LogP contribution >= 0.6 is 22.7 Å². The van der Waals surface area contributed by atoms with Gasteiger partial charge in [-0.15, -0.1) is 22.7 Å². The molecule has 3 nitrogen and oxygen atoms in total. The van der Waals surface area contributed by atoms with Crippen LogP contribution in [0.2, 0.25) is 0 Å². The fraction of sp³-hybridized carbons (Fsp3) is 0.333. The van der Waals surface area contributed by atoms with Gasteiger partial charge in [0.2, 0.25) is 0 Å². The van der Waals surface area contributed by atoms with Gasteiger partial charge in [0, 0.05) is 9.75 Å². The Labute approximate surface area is 126 Å². The van der Waals surface area contributed by atoms with E-state index in [0.717, 1.165) is 16.0 Å². The number of aromatic nitrogens is 2. The largest absolute Gasteiger partial charge is 0.362 e. The third-order valence-electron chi connectivity index (χ3n) is 3.43. The van der Waals surface area contributed by atoms with Crippen LogP contribution in [-0.4, -0.2) is 9.97 Å². The van der Waals surface area contributed by atoms with Gasteiger partial charge in [-0.3, -0.25) is 0 Å². The van der Waals surface area contributed by atoms with Gasteiger partial charge in [-0.05, 0) is 50.3 Å². The minimum absolute atomic E-state index is 0.250. The van der Waals surface area contributed by atoms with Gasteiger partial charge in [-0.1, -0.05) is 0 Å². The van der Waals surface area contributed by atoms with Crippen LogP contribution in [0, 0.1) is 20.8 Å². The lowest BCUT2D eigenvalue weighted by molar-refractivity contribution is 0.873. The zero-order valence-electron chi connectivity index (χ0n) is 12.0. The number of anilines is 1. The predicted molar refractivity (Wildman–Crippen MR) is 88.0 cm³/mol. The third-order valence-corrected chi connectivity index (χ3v) is 5.51. The zero-order chi connectivity index (χ0) is 14.3. The normalized spacial score (nSPS) is 12.8. The van der Waals surface area contributed by atoms with E-state index in [4.69, 9.17) is 0 Å². The molecule has 104 valence electrons. The lowest BCUT2D eigenvalue weighted by atomic mass is 10.1. The number of hydrogen-bond acceptors (Lipinski definition) is 5. The molecule has 1 N–H and O–H groups in total. The lowest BCUT2D eigenvalue weighted by Crippen LogP contribution is -2.08. The molecule has 0 aliphatic carbocycles. The molecule has 3 aromatic rings. The van der Waals surface area contributed by atoms with Crippen molar-refractivity contribution in [3.05, 3.63) is 38.7 Å². The van der Waals surface area contributed by atoms with Crippen molar-refractivity contribution >= 4 is 38.7 Å². The fourth-order valence-electron chi connectivity index (χ4n) is 2.44. The van der Waals surface area contributed by atoms with Crippen LogP contribution in [0.5, 0.6) is 0 Å². The summed E-state index contributed by atoms with van der Waals surface area (Å²) < 4.78 is 1.14. The summed E-state index contributed by atoms with van der Waals surface area (Å²) >= 11 is 3.55. The summed E-state index contributed by atoms with van der Waals surface area (Å²) in [6.45, 7) is 8.60. The molecule has 0 aliphatic heterocycles. The predicted octanol–water partition coefficient (Wildman–Crippen LogP) is 4.85. The van der Waals surface area contributed by atoms with E-state index in [2.05, 4.69) is 54.4 Å². The topological polar surface area (TPSA) is 37.8 Å². The van der Waals surface area contributed by atoms with Crippen molar-refractivity contribution in [2.75, 3.05) is 5.32 Å². The lowest BCUT2D eigenvalue weighted by Gasteiger charge is -2.15. The maximum Gasteiger partial charge on any atom is 0.147 e. The van der Waals surface area contributed by atoms with Gasteiger partial charge in [-0.25, -0.2) is 9.97 Å². The Bertz CT molecular complexity index is 758. The van der Waals surface area contributed by atoms with Crippen molar-refractivity contribution in [2.24, 2.45) is 0 Å². The van der Waals surface area contributed by atoms with Crippen LogP contribution in [0.3, 0.4) is 0 Å². The van der Waals surface area contributed by atoms with Gasteiger partial charge >= 0.3 is 0 Å². The summed E-state index contributed by atoms with van der Waals surface area (Å²) in [6.07, 6.45) is 1.64. The third kappa shape index (κ3) is 2.31. The molecule has 0 fully saturated rings. The fourth-order valence-corrected chi connectivity index (χ4v) is 4.41. The van der Waals surface area contributed by atoms with E-state index in [-0.39, 0.29) is 6.04 Å². The quantitative estimate of drug-likeness (QED) is 0.751. The molecule has 3 aromatic heterocycles. The van der Waals surface area contributed by atoms with Crippen LogP contribution in [0.25, 0.3) is 10.2 Å². The van der Waals surface area contributed by atoms with E-state index in [9.17, 15) is 0 Å². The highest BCUT2D eigenvalue weighted by Crippen LogP contribution is 2.32. The number of aryl methyl sites for hydroxylation is 3. The van der Waals surface area contributed by atoms with Crippen LogP contribution in [0.4, 0.5) is 5.82 Å². The first-order valence-electron chi connectivity index (χ1n) is 6.58. The maximum absolute atomic E-state index is 4.41. The molecule has 20 heavy (non-hydrogen) atoms. The number of fused-ring (bicyclic) bond motifs is 1. The molecule has 0 saturated heterocycles. The van der Waals surface area contributed by atoms with Crippen LogP contribution < -0.4 is 5.32 Å². The van der Waals surface area contributed by atoms with Crippen molar-refractivity contribution in [1.29, 1.82) is 0 Å². The molecular weight excluding hydrogens is 286 g/mol. The number of nitrogens with zero attached hydrogens (tertiary/aromatic N) is 2. The molecule has 1 unspecified atom stereocenters. The highest BCUT2D eigenvalue weighted by atomic mass is 32.1. The highest BCUT2D eigenvalue weighted by molar-refractivity contribution is 7.18. The van der Waals surface area contributed by atoms with E-state index in [1.54, 1.807) is 17.7 Å². The Morgan fingerprint density at radius 2 is 2.00 bits per heavy atom. The van der Waals surface area contributed by atoms with Crippen LogP contribution in [0.15, 0.2) is 17.8 Å². The Kier molecular flexibility index (Phi) is 3.48. The van der Waals surface area contributed by atoms with Gasteiger partial charge in [0.25, 0.3) is 0 Å². The maximum atomic E-state index is 4.41. The summed E-state index contributed by atoms with van der Waals surface area (Å²) in [5.41, 5.74) is 3.62. The Balaban J connectivity index is 1.95. The van der Waals surface area contributed by atoms with E-state index in [1.165, 1.54) is 20.9 Å². The molecule has 0 aliphatic rings. The molecule has 3 rings (SSSR count). The first-order valence-corrected chi connectivity index (χ1v) is 8.28. The van der Waals surface area contributed by atoms with Gasteiger partial charge in [0.1, 0.15) is 12.1 Å². The van der Waals surface area contributed by atoms with Crippen molar-refractivity contribution in [2.45, 2.75) is 33.7 Å². The number of nitrogens with one attached hydrogen (secondary N) is 1. The Morgan fingerprint density at radius 1 is 1.20 bits per heavy atom. The molecule has 0 saturated carbocycles. The molecule has 0 spiro atoms. The summed E-state index contributed by atoms with van der Waals surface area (Å²) in [6, 6.07) is 2.51. The summed E-state index contributed by atoms with van der Waals surface area (Å²) in [5.74, 6) is 0.934. The monoisotopic (exact) mass is 303 g/mol. The minimum Gasteiger partial charge on any atom is -0.362 e. The molecule has 0 bridgehead atoms. The molecule has 5 heteroatoms. The standard InChI is InChI=1S/C15H17N3S2/c1-8-6-19-14-13(8)16-7-17-15(14)18-10(3)12-5-9(2)20-11(12)4/h5-7,10H,1-4H3,(H,16,17,18). The number of hydrogen-bond donors (Lipinski definition) is 1. The van der Waals surface area contributed by atoms with Crippen molar-refractivity contribution in [3.63, 3.8) is 0 Å². The molecule has 1 atom stereocenters. The smallest absolute Gasteiger partial charge is 0.147 e. The van der Waals surface area contributed by atoms with E-state index < -0.39 is 0 Å². The van der Waals surface area contributed by atoms with Crippen molar-refractivity contribution in [1.82, 2.24) is 9.97 Å². The van der Waals surface area contributed by atoms with Gasteiger partial charge < -0.3 is 5.32 Å². The molecule has 0 radical (unpaired) electrons. The average molecular weight is 303 g/mol. The second-order valence-corrected chi connectivity index (χ2v) is 7.39. The number of rotatable bonds is 3. The SMILES string of the molecule is Cc1cc(C(C)Nc2ncnc3c(C)csc23)c(C)s1. The highest BCUT2D eigenvalue weighted by Gasteiger charge is 2.14.